The Morgan fingerprint density at radius 2 is 1.87 bits per heavy atom. The van der Waals surface area contributed by atoms with Crippen LogP contribution >= 0.6 is 11.6 Å². The van der Waals surface area contributed by atoms with E-state index in [1.54, 1.807) is 25.1 Å². The van der Waals surface area contributed by atoms with Crippen molar-refractivity contribution in [2.24, 2.45) is 0 Å². The number of H-pyrrole nitrogens is 1. The number of anilines is 1. The van der Waals surface area contributed by atoms with Crippen molar-refractivity contribution < 1.29 is 14.3 Å². The zero-order valence-electron chi connectivity index (χ0n) is 12.8. The standard InChI is InChI=1S/C16H15ClN2O4/c1-8-4-5-10(6-13(8)17)19-15(21)12-7-11(16(22)23-3)9(2)18-14(12)20/h4-7H,1-3H3,(H,18,20)(H,19,21). The minimum atomic E-state index is -0.642. The van der Waals surface area contributed by atoms with Crippen LogP contribution in [0.1, 0.15) is 32.0 Å². The number of carbonyl (C=O) groups excluding carboxylic acids is 2. The second kappa shape index (κ2) is 6.66. The number of rotatable bonds is 3. The first-order chi connectivity index (χ1) is 10.8. The van der Waals surface area contributed by atoms with Crippen LogP contribution in [0.4, 0.5) is 5.69 Å². The topological polar surface area (TPSA) is 88.3 Å². The van der Waals surface area contributed by atoms with Gasteiger partial charge in [0.15, 0.2) is 0 Å². The van der Waals surface area contributed by atoms with E-state index < -0.39 is 17.4 Å². The molecule has 0 aliphatic rings. The smallest absolute Gasteiger partial charge is 0.339 e. The molecule has 0 atom stereocenters. The maximum atomic E-state index is 12.3. The van der Waals surface area contributed by atoms with Crippen LogP contribution < -0.4 is 10.9 Å². The zero-order valence-corrected chi connectivity index (χ0v) is 13.6. The molecule has 0 unspecified atom stereocenters. The molecule has 0 radical (unpaired) electrons. The van der Waals surface area contributed by atoms with Gasteiger partial charge in [-0.3, -0.25) is 9.59 Å². The third-order valence-corrected chi connectivity index (χ3v) is 3.73. The quantitative estimate of drug-likeness (QED) is 0.845. The zero-order chi connectivity index (χ0) is 17.1. The van der Waals surface area contributed by atoms with Gasteiger partial charge in [0.05, 0.1) is 12.7 Å². The Morgan fingerprint density at radius 1 is 1.17 bits per heavy atom. The molecule has 1 amide bonds. The Bertz CT molecular complexity index is 842. The number of pyridine rings is 1. The van der Waals surface area contributed by atoms with Crippen molar-refractivity contribution >= 4 is 29.2 Å². The number of hydrogen-bond donors (Lipinski definition) is 2. The maximum Gasteiger partial charge on any atom is 0.339 e. The van der Waals surface area contributed by atoms with Crippen LogP contribution in [-0.2, 0) is 4.74 Å². The summed E-state index contributed by atoms with van der Waals surface area (Å²) in [5.41, 5.74) is 0.991. The van der Waals surface area contributed by atoms with E-state index in [4.69, 9.17) is 11.6 Å². The van der Waals surface area contributed by atoms with Crippen molar-refractivity contribution in [1.29, 1.82) is 0 Å². The first-order valence-electron chi connectivity index (χ1n) is 6.73. The van der Waals surface area contributed by atoms with E-state index in [0.29, 0.717) is 16.4 Å². The van der Waals surface area contributed by atoms with Crippen molar-refractivity contribution in [3.05, 3.63) is 62.0 Å². The van der Waals surface area contributed by atoms with Crippen molar-refractivity contribution in [2.75, 3.05) is 12.4 Å². The number of aryl methyl sites for hydroxylation is 2. The van der Waals surface area contributed by atoms with Gasteiger partial charge in [-0.1, -0.05) is 17.7 Å². The molecule has 1 aromatic carbocycles. The fourth-order valence-electron chi connectivity index (χ4n) is 1.98. The number of amides is 1. The fourth-order valence-corrected chi connectivity index (χ4v) is 2.16. The number of hydrogen-bond acceptors (Lipinski definition) is 4. The number of esters is 1. The molecule has 120 valence electrons. The second-order valence-electron chi connectivity index (χ2n) is 4.96. The average molecular weight is 335 g/mol. The van der Waals surface area contributed by atoms with Gasteiger partial charge in [0.2, 0.25) is 0 Å². The van der Waals surface area contributed by atoms with Crippen LogP contribution in [0.25, 0.3) is 0 Å². The Hall–Kier alpha value is -2.60. The third kappa shape index (κ3) is 3.60. The SMILES string of the molecule is COC(=O)c1cc(C(=O)Nc2ccc(C)c(Cl)c2)c(=O)[nH]c1C. The minimum absolute atomic E-state index is 0.124. The summed E-state index contributed by atoms with van der Waals surface area (Å²) in [7, 11) is 1.22. The lowest BCUT2D eigenvalue weighted by atomic mass is 10.1. The molecule has 0 saturated heterocycles. The number of aromatic nitrogens is 1. The largest absolute Gasteiger partial charge is 0.465 e. The van der Waals surface area contributed by atoms with E-state index in [-0.39, 0.29) is 11.1 Å². The minimum Gasteiger partial charge on any atom is -0.465 e. The van der Waals surface area contributed by atoms with Crippen molar-refractivity contribution in [1.82, 2.24) is 4.98 Å². The molecule has 1 aromatic heterocycles. The number of halogens is 1. The molecule has 0 saturated carbocycles. The molecule has 7 heteroatoms. The summed E-state index contributed by atoms with van der Waals surface area (Å²) >= 11 is 6.00. The van der Waals surface area contributed by atoms with Crippen molar-refractivity contribution in [2.45, 2.75) is 13.8 Å². The monoisotopic (exact) mass is 334 g/mol. The summed E-state index contributed by atoms with van der Waals surface area (Å²) in [6, 6.07) is 6.21. The number of ether oxygens (including phenoxy) is 1. The lowest BCUT2D eigenvalue weighted by Gasteiger charge is -2.09. The molecule has 0 aliphatic heterocycles. The Labute approximate surface area is 137 Å². The van der Waals surface area contributed by atoms with Gasteiger partial charge >= 0.3 is 5.97 Å². The lowest BCUT2D eigenvalue weighted by molar-refractivity contribution is 0.0599. The first kappa shape index (κ1) is 16.8. The van der Waals surface area contributed by atoms with Crippen LogP contribution in [0, 0.1) is 13.8 Å². The molecule has 2 rings (SSSR count). The van der Waals surface area contributed by atoms with Crippen molar-refractivity contribution in [3.63, 3.8) is 0 Å². The van der Waals surface area contributed by atoms with Gasteiger partial charge in [0, 0.05) is 16.4 Å². The number of nitrogens with one attached hydrogen (secondary N) is 2. The van der Waals surface area contributed by atoms with E-state index in [0.717, 1.165) is 5.56 Å². The summed E-state index contributed by atoms with van der Waals surface area (Å²) in [6.45, 7) is 3.39. The molecular weight excluding hydrogens is 320 g/mol. The van der Waals surface area contributed by atoms with E-state index >= 15 is 0 Å². The molecule has 2 aromatic rings. The van der Waals surface area contributed by atoms with Gasteiger partial charge in [0.25, 0.3) is 11.5 Å². The normalized spacial score (nSPS) is 10.3. The summed E-state index contributed by atoms with van der Waals surface area (Å²) in [5, 5.41) is 3.07. The number of methoxy groups -OCH3 is 1. The summed E-state index contributed by atoms with van der Waals surface area (Å²) in [5.74, 6) is -1.28. The maximum absolute atomic E-state index is 12.3. The van der Waals surface area contributed by atoms with Crippen LogP contribution in [0.5, 0.6) is 0 Å². The summed E-state index contributed by atoms with van der Waals surface area (Å²) in [6.07, 6.45) is 0. The molecule has 0 aliphatic carbocycles. The highest BCUT2D eigenvalue weighted by Gasteiger charge is 2.18. The Balaban J connectivity index is 2.37. The highest BCUT2D eigenvalue weighted by Crippen LogP contribution is 2.20. The van der Waals surface area contributed by atoms with E-state index in [1.165, 1.54) is 13.2 Å². The van der Waals surface area contributed by atoms with Crippen LogP contribution in [0.2, 0.25) is 5.02 Å². The van der Waals surface area contributed by atoms with Gasteiger partial charge < -0.3 is 15.0 Å². The Kier molecular flexibility index (Phi) is 4.86. The Morgan fingerprint density at radius 3 is 2.48 bits per heavy atom. The number of benzene rings is 1. The third-order valence-electron chi connectivity index (χ3n) is 3.32. The molecular formula is C16H15ClN2O4. The number of aromatic amines is 1. The van der Waals surface area contributed by atoms with Crippen LogP contribution in [0.3, 0.4) is 0 Å². The second-order valence-corrected chi connectivity index (χ2v) is 5.37. The van der Waals surface area contributed by atoms with E-state index in [2.05, 4.69) is 15.0 Å². The van der Waals surface area contributed by atoms with Crippen LogP contribution in [0.15, 0.2) is 29.1 Å². The van der Waals surface area contributed by atoms with E-state index in [1.807, 2.05) is 6.92 Å². The van der Waals surface area contributed by atoms with Gasteiger partial charge in [-0.15, -0.1) is 0 Å². The number of carbonyl (C=O) groups is 2. The highest BCUT2D eigenvalue weighted by molar-refractivity contribution is 6.31. The van der Waals surface area contributed by atoms with Gasteiger partial charge in [-0.25, -0.2) is 4.79 Å². The van der Waals surface area contributed by atoms with Crippen molar-refractivity contribution in [3.8, 4) is 0 Å². The van der Waals surface area contributed by atoms with Gasteiger partial charge in [-0.05, 0) is 37.6 Å². The van der Waals surface area contributed by atoms with Gasteiger partial charge in [0.1, 0.15) is 5.56 Å². The predicted molar refractivity (Wildman–Crippen MR) is 87.3 cm³/mol. The molecule has 0 bridgehead atoms. The van der Waals surface area contributed by atoms with Crippen LogP contribution in [-0.4, -0.2) is 24.0 Å². The fraction of sp³-hybridized carbons (Fsp3) is 0.188. The molecule has 0 spiro atoms. The van der Waals surface area contributed by atoms with E-state index in [9.17, 15) is 14.4 Å². The summed E-state index contributed by atoms with van der Waals surface area (Å²) < 4.78 is 4.63. The molecule has 2 N–H and O–H groups in total. The summed E-state index contributed by atoms with van der Waals surface area (Å²) in [4.78, 5) is 38.4. The molecule has 1 heterocycles. The molecule has 6 nitrogen and oxygen atoms in total. The van der Waals surface area contributed by atoms with Gasteiger partial charge in [-0.2, -0.15) is 0 Å². The average Bonchev–Trinajstić information content (AvgIpc) is 2.50. The molecule has 23 heavy (non-hydrogen) atoms. The first-order valence-corrected chi connectivity index (χ1v) is 7.11. The highest BCUT2D eigenvalue weighted by atomic mass is 35.5. The lowest BCUT2D eigenvalue weighted by Crippen LogP contribution is -2.25. The predicted octanol–water partition coefficient (Wildman–Crippen LogP) is 2.68. The molecule has 0 fully saturated rings.